The van der Waals surface area contributed by atoms with Crippen molar-refractivity contribution in [2.75, 3.05) is 6.61 Å². The summed E-state index contributed by atoms with van der Waals surface area (Å²) in [6.07, 6.45) is 11.8. The molecule has 8 unspecified atom stereocenters. The van der Waals surface area contributed by atoms with E-state index in [0.29, 0.717) is 30.7 Å². The Kier molecular flexibility index (Phi) is 10.2. The zero-order valence-electron chi connectivity index (χ0n) is 30.6. The molecule has 8 atom stereocenters. The molecule has 0 aliphatic heterocycles. The van der Waals surface area contributed by atoms with E-state index in [4.69, 9.17) is 23.3 Å². The van der Waals surface area contributed by atoms with Crippen molar-refractivity contribution in [2.45, 2.75) is 149 Å². The van der Waals surface area contributed by atoms with Crippen LogP contribution in [0.5, 0.6) is 0 Å². The molecular formula is C37H65NO4Si3. The molecule has 0 spiro atoms. The van der Waals surface area contributed by atoms with Crippen LogP contribution in [-0.2, 0) is 24.7 Å². The number of oxime groups is 1. The molecule has 0 radical (unpaired) electrons. The van der Waals surface area contributed by atoms with Crippen LogP contribution < -0.4 is 0 Å². The average molecular weight is 672 g/mol. The Balaban J connectivity index is 1.45. The van der Waals surface area contributed by atoms with Gasteiger partial charge in [0.15, 0.2) is 25.0 Å². The minimum absolute atomic E-state index is 0.0214. The molecule has 0 amide bonds. The fourth-order valence-electron chi connectivity index (χ4n) is 10.3. The molecule has 5 nitrogen and oxygen atoms in total. The molecule has 4 fully saturated rings. The van der Waals surface area contributed by atoms with Gasteiger partial charge in [0, 0.05) is 11.5 Å². The molecule has 4 aliphatic carbocycles. The maximum atomic E-state index is 7.51. The third kappa shape index (κ3) is 7.61. The van der Waals surface area contributed by atoms with Crippen molar-refractivity contribution >= 4 is 30.7 Å². The summed E-state index contributed by atoms with van der Waals surface area (Å²) in [5.41, 5.74) is 2.16. The highest BCUT2D eigenvalue weighted by Gasteiger charge is 2.68. The van der Waals surface area contributed by atoms with E-state index in [0.717, 1.165) is 35.4 Å². The van der Waals surface area contributed by atoms with Crippen LogP contribution in [0.3, 0.4) is 0 Å². The second-order valence-electron chi connectivity index (χ2n) is 18.5. The monoisotopic (exact) mass is 671 g/mol. The summed E-state index contributed by atoms with van der Waals surface area (Å²) < 4.78 is 20.9. The van der Waals surface area contributed by atoms with Crippen molar-refractivity contribution in [1.29, 1.82) is 0 Å². The maximum absolute atomic E-state index is 7.51. The first-order valence-electron chi connectivity index (χ1n) is 18.1. The van der Waals surface area contributed by atoms with Crippen molar-refractivity contribution in [2.24, 2.45) is 39.7 Å². The molecule has 4 aliphatic rings. The van der Waals surface area contributed by atoms with Crippen LogP contribution in [0.15, 0.2) is 35.5 Å². The van der Waals surface area contributed by atoms with E-state index in [1.807, 2.05) is 6.07 Å². The lowest BCUT2D eigenvalue weighted by atomic mass is 9.44. The van der Waals surface area contributed by atoms with Gasteiger partial charge in [-0.1, -0.05) is 49.3 Å². The zero-order valence-corrected chi connectivity index (χ0v) is 33.6. The number of fused-ring (bicyclic) bond motifs is 5. The highest BCUT2D eigenvalue weighted by molar-refractivity contribution is 6.70. The van der Waals surface area contributed by atoms with Gasteiger partial charge in [0.25, 0.3) is 0 Å². The van der Waals surface area contributed by atoms with E-state index in [1.165, 1.54) is 51.4 Å². The Morgan fingerprint density at radius 3 is 2.11 bits per heavy atom. The van der Waals surface area contributed by atoms with Crippen LogP contribution in [0.4, 0.5) is 0 Å². The number of hydrogen-bond acceptors (Lipinski definition) is 5. The quantitative estimate of drug-likeness (QED) is 0.133. The number of benzene rings is 1. The van der Waals surface area contributed by atoms with E-state index in [-0.39, 0.29) is 5.41 Å². The predicted molar refractivity (Wildman–Crippen MR) is 195 cm³/mol. The third-order valence-electron chi connectivity index (χ3n) is 12.1. The van der Waals surface area contributed by atoms with Gasteiger partial charge >= 0.3 is 0 Å². The molecule has 8 heteroatoms. The lowest BCUT2D eigenvalue weighted by Gasteiger charge is -2.62. The standard InChI is InChI=1S/C37H65NO4Si3/c1-35-22-19-30(41-44(6,7)8)25-29(35)17-18-31-32(35)20-23-36(2)33(31)21-24-37(36,42-45(9,10)11)34(27-40-43(3,4)5)38-39-26-28-15-13-12-14-16-28/h12-16,29-33H,17-27H2,1-11H3/b38-34+. The minimum Gasteiger partial charge on any atom is -0.415 e. The molecule has 4 saturated carbocycles. The lowest BCUT2D eigenvalue weighted by molar-refractivity contribution is -0.139. The first kappa shape index (κ1) is 35.5. The Labute approximate surface area is 279 Å². The number of hydrogen-bond donors (Lipinski definition) is 0. The van der Waals surface area contributed by atoms with Gasteiger partial charge in [0.1, 0.15) is 17.9 Å². The zero-order chi connectivity index (χ0) is 32.9. The van der Waals surface area contributed by atoms with E-state index in [9.17, 15) is 0 Å². The Bertz CT molecular complexity index is 1190. The van der Waals surface area contributed by atoms with Gasteiger partial charge in [0.05, 0.1) is 6.61 Å². The van der Waals surface area contributed by atoms with Crippen LogP contribution in [0.2, 0.25) is 58.9 Å². The number of nitrogens with zero attached hydrogens (tertiary/aromatic N) is 1. The van der Waals surface area contributed by atoms with Crippen molar-refractivity contribution in [3.8, 4) is 0 Å². The highest BCUT2D eigenvalue weighted by atomic mass is 28.4. The Morgan fingerprint density at radius 2 is 1.47 bits per heavy atom. The molecule has 254 valence electrons. The minimum atomic E-state index is -1.96. The summed E-state index contributed by atoms with van der Waals surface area (Å²) in [5, 5.41) is 5.02. The topological polar surface area (TPSA) is 49.3 Å². The van der Waals surface area contributed by atoms with Crippen molar-refractivity contribution in [1.82, 2.24) is 0 Å². The first-order valence-corrected chi connectivity index (χ1v) is 28.3. The molecule has 5 rings (SSSR count). The smallest absolute Gasteiger partial charge is 0.185 e. The molecule has 0 saturated heterocycles. The van der Waals surface area contributed by atoms with Crippen LogP contribution in [0.1, 0.15) is 77.2 Å². The summed E-state index contributed by atoms with van der Waals surface area (Å²) in [4.78, 5) is 6.21. The van der Waals surface area contributed by atoms with Crippen LogP contribution >= 0.6 is 0 Å². The predicted octanol–water partition coefficient (Wildman–Crippen LogP) is 10.3. The van der Waals surface area contributed by atoms with Gasteiger partial charge < -0.3 is 18.1 Å². The Hall–Kier alpha value is -0.779. The van der Waals surface area contributed by atoms with Crippen molar-refractivity contribution in [3.63, 3.8) is 0 Å². The van der Waals surface area contributed by atoms with E-state index in [2.05, 4.69) is 97.0 Å². The normalized spacial score (nSPS) is 37.5. The summed E-state index contributed by atoms with van der Waals surface area (Å²) >= 11 is 0. The molecule has 1 aromatic rings. The molecule has 0 N–H and O–H groups in total. The number of rotatable bonds is 11. The molecule has 0 aromatic heterocycles. The van der Waals surface area contributed by atoms with E-state index >= 15 is 0 Å². The molecule has 45 heavy (non-hydrogen) atoms. The SMILES string of the molecule is CC12CCC(O[Si](C)(C)C)CC1CCC1C2CCC2(C)C1CCC2(O[Si](C)(C)C)/C(CO[Si](C)(C)C)=N/OCc1ccccc1. The van der Waals surface area contributed by atoms with E-state index < -0.39 is 30.6 Å². The second kappa shape index (κ2) is 12.9. The van der Waals surface area contributed by atoms with Gasteiger partial charge in [0.2, 0.25) is 0 Å². The molecule has 1 aromatic carbocycles. The third-order valence-corrected chi connectivity index (χ3v) is 15.1. The molecule has 0 heterocycles. The summed E-state index contributed by atoms with van der Waals surface area (Å²) in [6, 6.07) is 10.4. The van der Waals surface area contributed by atoms with Crippen molar-refractivity contribution < 1.29 is 18.1 Å². The van der Waals surface area contributed by atoms with Crippen LogP contribution in [-0.4, -0.2) is 49.0 Å². The van der Waals surface area contributed by atoms with Gasteiger partial charge in [-0.15, -0.1) is 0 Å². The van der Waals surface area contributed by atoms with Crippen molar-refractivity contribution in [3.05, 3.63) is 35.9 Å². The largest absolute Gasteiger partial charge is 0.415 e. The first-order chi connectivity index (χ1) is 20.9. The van der Waals surface area contributed by atoms with E-state index in [1.54, 1.807) is 0 Å². The Morgan fingerprint density at radius 1 is 0.778 bits per heavy atom. The summed E-state index contributed by atoms with van der Waals surface area (Å²) in [7, 11) is -5.29. The van der Waals surface area contributed by atoms with Gasteiger partial charge in [-0.05, 0) is 151 Å². The van der Waals surface area contributed by atoms with Gasteiger partial charge in [-0.25, -0.2) is 0 Å². The van der Waals surface area contributed by atoms with Gasteiger partial charge in [-0.2, -0.15) is 0 Å². The highest BCUT2D eigenvalue weighted by Crippen LogP contribution is 2.69. The fourth-order valence-corrected chi connectivity index (χ4v) is 13.6. The fraction of sp³-hybridized carbons (Fsp3) is 0.811. The van der Waals surface area contributed by atoms with Crippen LogP contribution in [0.25, 0.3) is 0 Å². The van der Waals surface area contributed by atoms with Crippen LogP contribution in [0, 0.1) is 34.5 Å². The maximum Gasteiger partial charge on any atom is 0.185 e. The van der Waals surface area contributed by atoms with Gasteiger partial charge in [-0.3, -0.25) is 0 Å². The molecular weight excluding hydrogens is 607 g/mol. The average Bonchev–Trinajstić information content (AvgIpc) is 3.21. The lowest BCUT2D eigenvalue weighted by Crippen LogP contribution is -2.62. The molecule has 0 bridgehead atoms. The second-order valence-corrected chi connectivity index (χ2v) is 31.9. The summed E-state index contributed by atoms with van der Waals surface area (Å²) in [5.74, 6) is 3.01. The summed E-state index contributed by atoms with van der Waals surface area (Å²) in [6.45, 7) is 27.2.